The van der Waals surface area contributed by atoms with Crippen molar-refractivity contribution in [3.8, 4) is 0 Å². The van der Waals surface area contributed by atoms with Crippen LogP contribution in [0.2, 0.25) is 0 Å². The predicted octanol–water partition coefficient (Wildman–Crippen LogP) is 2.96. The molecule has 1 aliphatic rings. The van der Waals surface area contributed by atoms with Crippen molar-refractivity contribution in [3.63, 3.8) is 0 Å². The molecule has 0 fully saturated rings. The van der Waals surface area contributed by atoms with E-state index < -0.39 is 0 Å². The standard InChI is InChI=1S/C9H15/c1-7(2)9-5-4-8(3)6-9/h4,9H,5-6H2,1-3H3. The molecule has 1 atom stereocenters. The third-order valence-electron chi connectivity index (χ3n) is 2.14. The highest BCUT2D eigenvalue weighted by molar-refractivity contribution is 5.11. The molecule has 1 radical (unpaired) electrons. The van der Waals surface area contributed by atoms with E-state index in [9.17, 15) is 0 Å². The Labute approximate surface area is 58.0 Å². The molecule has 0 heterocycles. The Bertz CT molecular complexity index is 120. The summed E-state index contributed by atoms with van der Waals surface area (Å²) in [6.45, 7) is 6.69. The first-order chi connectivity index (χ1) is 4.20. The van der Waals surface area contributed by atoms with Crippen molar-refractivity contribution in [1.29, 1.82) is 0 Å². The van der Waals surface area contributed by atoms with Gasteiger partial charge >= 0.3 is 0 Å². The van der Waals surface area contributed by atoms with Gasteiger partial charge in [0.05, 0.1) is 0 Å². The Balaban J connectivity index is 2.37. The minimum Gasteiger partial charge on any atom is -0.0853 e. The van der Waals surface area contributed by atoms with E-state index in [1.54, 1.807) is 11.5 Å². The largest absolute Gasteiger partial charge is 0.0853 e. The first-order valence-electron chi connectivity index (χ1n) is 3.66. The predicted molar refractivity (Wildman–Crippen MR) is 41.1 cm³/mol. The number of hydrogen-bond acceptors (Lipinski definition) is 0. The molecule has 0 aliphatic heterocycles. The van der Waals surface area contributed by atoms with E-state index in [2.05, 4.69) is 26.8 Å². The van der Waals surface area contributed by atoms with Gasteiger partial charge in [-0.1, -0.05) is 25.5 Å². The van der Waals surface area contributed by atoms with Crippen LogP contribution < -0.4 is 0 Å². The maximum Gasteiger partial charge on any atom is -0.0266 e. The molecule has 0 N–H and O–H groups in total. The van der Waals surface area contributed by atoms with E-state index in [0.29, 0.717) is 0 Å². The summed E-state index contributed by atoms with van der Waals surface area (Å²) in [7, 11) is 0. The molecule has 0 nitrogen and oxygen atoms in total. The molecule has 9 heavy (non-hydrogen) atoms. The SMILES string of the molecule is C[C](C)C1CC=C(C)C1. The van der Waals surface area contributed by atoms with Crippen molar-refractivity contribution < 1.29 is 0 Å². The third kappa shape index (κ3) is 1.57. The first kappa shape index (κ1) is 6.85. The van der Waals surface area contributed by atoms with E-state index in [0.717, 1.165) is 5.92 Å². The summed E-state index contributed by atoms with van der Waals surface area (Å²) < 4.78 is 0. The third-order valence-corrected chi connectivity index (χ3v) is 2.14. The fourth-order valence-electron chi connectivity index (χ4n) is 1.34. The second-order valence-electron chi connectivity index (χ2n) is 3.26. The average Bonchev–Trinajstić information content (AvgIpc) is 2.14. The summed E-state index contributed by atoms with van der Waals surface area (Å²) >= 11 is 0. The fourth-order valence-corrected chi connectivity index (χ4v) is 1.34. The van der Waals surface area contributed by atoms with Crippen molar-refractivity contribution in [2.45, 2.75) is 33.6 Å². The molecule has 0 saturated heterocycles. The zero-order valence-electron chi connectivity index (χ0n) is 6.57. The van der Waals surface area contributed by atoms with Crippen molar-refractivity contribution in [1.82, 2.24) is 0 Å². The molecule has 0 aromatic heterocycles. The van der Waals surface area contributed by atoms with Gasteiger partial charge in [0.25, 0.3) is 0 Å². The van der Waals surface area contributed by atoms with Gasteiger partial charge in [-0.05, 0) is 31.6 Å². The molecule has 1 rings (SSSR count). The molecule has 0 aromatic carbocycles. The van der Waals surface area contributed by atoms with Crippen LogP contribution >= 0.6 is 0 Å². The van der Waals surface area contributed by atoms with Crippen LogP contribution in [-0.4, -0.2) is 0 Å². The number of hydrogen-bond donors (Lipinski definition) is 0. The second-order valence-corrected chi connectivity index (χ2v) is 3.26. The lowest BCUT2D eigenvalue weighted by Crippen LogP contribution is -2.00. The van der Waals surface area contributed by atoms with Crippen LogP contribution in [0.5, 0.6) is 0 Å². The van der Waals surface area contributed by atoms with Crippen molar-refractivity contribution in [2.24, 2.45) is 5.92 Å². The van der Waals surface area contributed by atoms with Crippen LogP contribution in [0, 0.1) is 11.8 Å². The monoisotopic (exact) mass is 123 g/mol. The highest BCUT2D eigenvalue weighted by atomic mass is 14.2. The molecule has 0 amide bonds. The van der Waals surface area contributed by atoms with Gasteiger partial charge in [-0.15, -0.1) is 0 Å². The molecule has 0 saturated carbocycles. The van der Waals surface area contributed by atoms with Crippen molar-refractivity contribution in [2.75, 3.05) is 0 Å². The number of allylic oxidation sites excluding steroid dienone is 2. The first-order valence-corrected chi connectivity index (χ1v) is 3.66. The molecular weight excluding hydrogens is 108 g/mol. The Morgan fingerprint density at radius 1 is 1.56 bits per heavy atom. The molecule has 0 aromatic rings. The number of rotatable bonds is 1. The minimum absolute atomic E-state index is 0.866. The molecule has 0 bridgehead atoms. The topological polar surface area (TPSA) is 0 Å². The lowest BCUT2D eigenvalue weighted by molar-refractivity contribution is 0.583. The Morgan fingerprint density at radius 3 is 2.44 bits per heavy atom. The Kier molecular flexibility index (Phi) is 1.94. The molecule has 0 heteroatoms. The van der Waals surface area contributed by atoms with Crippen LogP contribution in [0.1, 0.15) is 33.6 Å². The Hall–Kier alpha value is -0.260. The molecule has 1 aliphatic carbocycles. The normalized spacial score (nSPS) is 27.1. The van der Waals surface area contributed by atoms with Gasteiger partial charge in [0, 0.05) is 0 Å². The van der Waals surface area contributed by atoms with E-state index in [4.69, 9.17) is 0 Å². The summed E-state index contributed by atoms with van der Waals surface area (Å²) in [5.74, 6) is 2.45. The summed E-state index contributed by atoms with van der Waals surface area (Å²) in [5.41, 5.74) is 1.57. The van der Waals surface area contributed by atoms with E-state index in [-0.39, 0.29) is 0 Å². The van der Waals surface area contributed by atoms with Gasteiger partial charge in [0.15, 0.2) is 0 Å². The van der Waals surface area contributed by atoms with Crippen LogP contribution in [0.4, 0.5) is 0 Å². The second kappa shape index (κ2) is 2.55. The van der Waals surface area contributed by atoms with Crippen molar-refractivity contribution >= 4 is 0 Å². The lowest BCUT2D eigenvalue weighted by atomic mass is 9.93. The van der Waals surface area contributed by atoms with E-state index >= 15 is 0 Å². The highest BCUT2D eigenvalue weighted by Gasteiger charge is 2.17. The van der Waals surface area contributed by atoms with Gasteiger partial charge in [0.1, 0.15) is 0 Å². The van der Waals surface area contributed by atoms with E-state index in [1.165, 1.54) is 12.8 Å². The molecule has 51 valence electrons. The quantitative estimate of drug-likeness (QED) is 0.470. The molecule has 1 unspecified atom stereocenters. The van der Waals surface area contributed by atoms with Crippen LogP contribution in [0.3, 0.4) is 0 Å². The fraction of sp³-hybridized carbons (Fsp3) is 0.667. The average molecular weight is 123 g/mol. The maximum absolute atomic E-state index is 2.36. The Morgan fingerprint density at radius 2 is 2.22 bits per heavy atom. The van der Waals surface area contributed by atoms with Gasteiger partial charge in [0.2, 0.25) is 0 Å². The smallest absolute Gasteiger partial charge is 0.0266 e. The summed E-state index contributed by atoms with van der Waals surface area (Å²) in [5, 5.41) is 0. The van der Waals surface area contributed by atoms with E-state index in [1.807, 2.05) is 0 Å². The van der Waals surface area contributed by atoms with Crippen molar-refractivity contribution in [3.05, 3.63) is 17.6 Å². The summed E-state index contributed by atoms with van der Waals surface area (Å²) in [4.78, 5) is 0. The summed E-state index contributed by atoms with van der Waals surface area (Å²) in [6.07, 6.45) is 4.95. The van der Waals surface area contributed by atoms with Crippen LogP contribution in [0.15, 0.2) is 11.6 Å². The van der Waals surface area contributed by atoms with Gasteiger partial charge in [-0.3, -0.25) is 0 Å². The van der Waals surface area contributed by atoms with Gasteiger partial charge in [-0.25, -0.2) is 0 Å². The van der Waals surface area contributed by atoms with Crippen LogP contribution in [-0.2, 0) is 0 Å². The van der Waals surface area contributed by atoms with Gasteiger partial charge in [-0.2, -0.15) is 0 Å². The maximum atomic E-state index is 2.36. The minimum atomic E-state index is 0.866. The highest BCUT2D eigenvalue weighted by Crippen LogP contribution is 2.31. The lowest BCUT2D eigenvalue weighted by Gasteiger charge is -2.12. The molecule has 0 spiro atoms. The summed E-state index contributed by atoms with van der Waals surface area (Å²) in [6, 6.07) is 0. The van der Waals surface area contributed by atoms with Crippen LogP contribution in [0.25, 0.3) is 0 Å². The zero-order valence-corrected chi connectivity index (χ0v) is 6.57. The zero-order chi connectivity index (χ0) is 6.85. The van der Waals surface area contributed by atoms with Gasteiger partial charge < -0.3 is 0 Å². The molecular formula is C9H15.